The van der Waals surface area contributed by atoms with Gasteiger partial charge < -0.3 is 15.4 Å². The second-order valence-electron chi connectivity index (χ2n) is 5.60. The smallest absolute Gasteiger partial charge is 0.373 e. The second kappa shape index (κ2) is 6.46. The van der Waals surface area contributed by atoms with E-state index in [2.05, 4.69) is 20.6 Å². The summed E-state index contributed by atoms with van der Waals surface area (Å²) in [6.45, 7) is 4.67. The number of ether oxygens (including phenoxy) is 1. The Balaban J connectivity index is 1.59. The number of alkyl halides is 3. The van der Waals surface area contributed by atoms with Crippen LogP contribution in [0.2, 0.25) is 0 Å². The molecule has 7 nitrogen and oxygen atoms in total. The summed E-state index contributed by atoms with van der Waals surface area (Å²) in [6.07, 6.45) is -4.81. The first-order chi connectivity index (χ1) is 10.9. The largest absolute Gasteiger partial charge is 0.421 e. The van der Waals surface area contributed by atoms with Crippen molar-refractivity contribution < 1.29 is 17.9 Å². The average molecular weight is 333 g/mol. The van der Waals surface area contributed by atoms with Crippen molar-refractivity contribution in [2.45, 2.75) is 18.3 Å². The summed E-state index contributed by atoms with van der Waals surface area (Å²) >= 11 is 0. The minimum absolute atomic E-state index is 0.0218. The van der Waals surface area contributed by atoms with E-state index in [0.717, 1.165) is 32.2 Å². The number of hydrogen-bond acceptors (Lipinski definition) is 6. The Morgan fingerprint density at radius 2 is 2.13 bits per heavy atom. The Bertz CT molecular complexity index is 600. The normalized spacial score (nSPS) is 25.9. The topological polar surface area (TPSA) is 82.3 Å². The van der Waals surface area contributed by atoms with Gasteiger partial charge in [-0.25, -0.2) is 5.10 Å². The number of aromatic nitrogens is 2. The highest BCUT2D eigenvalue weighted by Crippen LogP contribution is 2.27. The van der Waals surface area contributed by atoms with E-state index in [-0.39, 0.29) is 18.0 Å². The molecule has 3 heterocycles. The van der Waals surface area contributed by atoms with Gasteiger partial charge >= 0.3 is 6.18 Å². The van der Waals surface area contributed by atoms with Crippen molar-refractivity contribution in [3.8, 4) is 0 Å². The molecule has 3 N–H and O–H groups in total. The van der Waals surface area contributed by atoms with Gasteiger partial charge in [-0.2, -0.15) is 18.3 Å². The zero-order valence-corrected chi connectivity index (χ0v) is 12.3. The summed E-state index contributed by atoms with van der Waals surface area (Å²) in [5, 5.41) is 11.5. The van der Waals surface area contributed by atoms with Gasteiger partial charge in [0.1, 0.15) is 11.4 Å². The number of hydrogen-bond donors (Lipinski definition) is 3. The highest BCUT2D eigenvalue weighted by molar-refractivity contribution is 5.37. The molecule has 0 amide bonds. The Morgan fingerprint density at radius 3 is 2.74 bits per heavy atom. The van der Waals surface area contributed by atoms with E-state index in [1.165, 1.54) is 0 Å². The zero-order chi connectivity index (χ0) is 16.4. The number of piperazine rings is 1. The van der Waals surface area contributed by atoms with Gasteiger partial charge in [-0.3, -0.25) is 9.69 Å². The molecule has 0 aliphatic carbocycles. The number of rotatable bonds is 4. The summed E-state index contributed by atoms with van der Waals surface area (Å²) in [5.74, 6) is -0.0218. The van der Waals surface area contributed by atoms with Crippen LogP contribution in [0.1, 0.15) is 5.56 Å². The monoisotopic (exact) mass is 333 g/mol. The molecule has 23 heavy (non-hydrogen) atoms. The molecule has 2 saturated heterocycles. The standard InChI is InChI=1S/C13H18F3N5O2/c14-13(15,16)8-5-11(19-20-12(8)22)18-6-10-9(7-23-10)21-3-1-17-2-4-21/h5,9-10,17H,1-4,6-7H2,(H,18,19)(H,20,22). The number of nitrogens with zero attached hydrogens (tertiary/aromatic N) is 2. The highest BCUT2D eigenvalue weighted by atomic mass is 19.4. The zero-order valence-electron chi connectivity index (χ0n) is 12.3. The predicted molar refractivity (Wildman–Crippen MR) is 76.3 cm³/mol. The first kappa shape index (κ1) is 16.2. The van der Waals surface area contributed by atoms with Gasteiger partial charge in [-0.15, -0.1) is 0 Å². The van der Waals surface area contributed by atoms with Crippen molar-refractivity contribution in [2.75, 3.05) is 44.6 Å². The van der Waals surface area contributed by atoms with Crippen molar-refractivity contribution >= 4 is 5.82 Å². The summed E-state index contributed by atoms with van der Waals surface area (Å²) in [4.78, 5) is 13.5. The maximum Gasteiger partial charge on any atom is 0.421 e. The Morgan fingerprint density at radius 1 is 1.39 bits per heavy atom. The van der Waals surface area contributed by atoms with Crippen molar-refractivity contribution in [1.29, 1.82) is 0 Å². The lowest BCUT2D eigenvalue weighted by atomic mass is 10.0. The molecular formula is C13H18F3N5O2. The predicted octanol–water partition coefficient (Wildman–Crippen LogP) is -0.127. The minimum atomic E-state index is -4.71. The fourth-order valence-electron chi connectivity index (χ4n) is 2.78. The lowest BCUT2D eigenvalue weighted by Gasteiger charge is -2.45. The minimum Gasteiger partial charge on any atom is -0.373 e. The van der Waals surface area contributed by atoms with Gasteiger partial charge in [0.2, 0.25) is 0 Å². The number of anilines is 1. The van der Waals surface area contributed by atoms with Crippen LogP contribution in [0.4, 0.5) is 19.0 Å². The van der Waals surface area contributed by atoms with E-state index in [0.29, 0.717) is 13.2 Å². The first-order valence-corrected chi connectivity index (χ1v) is 7.42. The SMILES string of the molecule is O=c1[nH]nc(NCC2OCC2N2CCNCC2)cc1C(F)(F)F. The third-order valence-electron chi connectivity index (χ3n) is 4.12. The molecule has 0 radical (unpaired) electrons. The van der Waals surface area contributed by atoms with E-state index >= 15 is 0 Å². The maximum atomic E-state index is 12.7. The molecule has 10 heteroatoms. The highest BCUT2D eigenvalue weighted by Gasteiger charge is 2.37. The van der Waals surface area contributed by atoms with Crippen LogP contribution in [-0.2, 0) is 10.9 Å². The molecule has 2 unspecified atom stereocenters. The van der Waals surface area contributed by atoms with Gasteiger partial charge in [0, 0.05) is 38.8 Å². The van der Waals surface area contributed by atoms with Crippen molar-refractivity contribution in [3.63, 3.8) is 0 Å². The lowest BCUT2D eigenvalue weighted by molar-refractivity contribution is -0.138. The molecule has 2 aliphatic heterocycles. The fraction of sp³-hybridized carbons (Fsp3) is 0.692. The summed E-state index contributed by atoms with van der Waals surface area (Å²) in [5.41, 5.74) is -2.51. The van der Waals surface area contributed by atoms with E-state index in [1.54, 1.807) is 0 Å². The van der Waals surface area contributed by atoms with Crippen molar-refractivity contribution in [2.24, 2.45) is 0 Å². The van der Waals surface area contributed by atoms with Gasteiger partial charge in [0.25, 0.3) is 5.56 Å². The Labute approximate surface area is 130 Å². The van der Waals surface area contributed by atoms with Crippen LogP contribution < -0.4 is 16.2 Å². The lowest BCUT2D eigenvalue weighted by Crippen LogP contribution is -2.62. The molecular weight excluding hydrogens is 315 g/mol. The molecule has 2 atom stereocenters. The molecule has 1 aromatic rings. The maximum absolute atomic E-state index is 12.7. The number of aromatic amines is 1. The quantitative estimate of drug-likeness (QED) is 0.712. The van der Waals surface area contributed by atoms with Gasteiger partial charge in [-0.1, -0.05) is 0 Å². The van der Waals surface area contributed by atoms with Crippen LogP contribution in [0, 0.1) is 0 Å². The van der Waals surface area contributed by atoms with Crippen LogP contribution in [-0.4, -0.2) is 66.6 Å². The molecule has 2 fully saturated rings. The van der Waals surface area contributed by atoms with Gasteiger partial charge in [0.15, 0.2) is 0 Å². The second-order valence-corrected chi connectivity index (χ2v) is 5.60. The van der Waals surface area contributed by atoms with Gasteiger partial charge in [-0.05, 0) is 0 Å². The van der Waals surface area contributed by atoms with E-state index in [4.69, 9.17) is 4.74 Å². The molecule has 128 valence electrons. The van der Waals surface area contributed by atoms with Crippen LogP contribution in [0.3, 0.4) is 0 Å². The summed E-state index contributed by atoms with van der Waals surface area (Å²) in [7, 11) is 0. The third-order valence-corrected chi connectivity index (χ3v) is 4.12. The third kappa shape index (κ3) is 3.65. The Kier molecular flexibility index (Phi) is 4.55. The molecule has 3 rings (SSSR count). The molecule has 2 aliphatic rings. The number of nitrogens with one attached hydrogen (secondary N) is 3. The summed E-state index contributed by atoms with van der Waals surface area (Å²) < 4.78 is 43.6. The molecule has 0 saturated carbocycles. The van der Waals surface area contributed by atoms with Crippen LogP contribution in [0.5, 0.6) is 0 Å². The number of H-pyrrole nitrogens is 1. The molecule has 1 aromatic heterocycles. The molecule has 0 bridgehead atoms. The van der Waals surface area contributed by atoms with Crippen LogP contribution in [0.15, 0.2) is 10.9 Å². The van der Waals surface area contributed by atoms with E-state index in [9.17, 15) is 18.0 Å². The van der Waals surface area contributed by atoms with Crippen LogP contribution in [0.25, 0.3) is 0 Å². The average Bonchev–Trinajstić information content (AvgIpc) is 2.48. The summed E-state index contributed by atoms with van der Waals surface area (Å²) in [6, 6.07) is 0.978. The molecule has 0 aromatic carbocycles. The van der Waals surface area contributed by atoms with Crippen LogP contribution >= 0.6 is 0 Å². The van der Waals surface area contributed by atoms with E-state index < -0.39 is 17.3 Å². The van der Waals surface area contributed by atoms with E-state index in [1.807, 2.05) is 5.10 Å². The Hall–Kier alpha value is -1.65. The van der Waals surface area contributed by atoms with Crippen molar-refractivity contribution in [1.82, 2.24) is 20.4 Å². The van der Waals surface area contributed by atoms with Crippen molar-refractivity contribution in [3.05, 3.63) is 22.0 Å². The van der Waals surface area contributed by atoms with Gasteiger partial charge in [0.05, 0.1) is 18.8 Å². The molecule has 0 spiro atoms. The number of halogens is 3. The first-order valence-electron chi connectivity index (χ1n) is 7.42. The fourth-order valence-corrected chi connectivity index (χ4v) is 2.78.